The highest BCUT2D eigenvalue weighted by Gasteiger charge is 2.37. The largest absolute Gasteiger partial charge is 0.573 e. The van der Waals surface area contributed by atoms with Gasteiger partial charge >= 0.3 is 12.0 Å². The second-order valence-electron chi connectivity index (χ2n) is 10.8. The molecule has 1 aliphatic carbocycles. The van der Waals surface area contributed by atoms with Crippen LogP contribution < -0.4 is 20.1 Å². The van der Waals surface area contributed by atoms with Gasteiger partial charge in [0.1, 0.15) is 11.9 Å². The van der Waals surface area contributed by atoms with Crippen LogP contribution in [-0.2, 0) is 16.6 Å². The van der Waals surface area contributed by atoms with Crippen molar-refractivity contribution in [2.45, 2.75) is 55.6 Å². The van der Waals surface area contributed by atoms with Crippen molar-refractivity contribution in [3.05, 3.63) is 76.5 Å². The molecule has 44 heavy (non-hydrogen) atoms. The molecule has 2 aromatic carbocycles. The van der Waals surface area contributed by atoms with E-state index in [1.165, 1.54) is 18.2 Å². The lowest BCUT2D eigenvalue weighted by Gasteiger charge is -2.46. The summed E-state index contributed by atoms with van der Waals surface area (Å²) >= 11 is 0. The van der Waals surface area contributed by atoms with Gasteiger partial charge in [-0.25, -0.2) is 18.1 Å². The van der Waals surface area contributed by atoms with Crippen LogP contribution >= 0.6 is 0 Å². The highest BCUT2D eigenvalue weighted by atomic mass is 32.2. The van der Waals surface area contributed by atoms with Crippen LogP contribution in [0.2, 0.25) is 0 Å². The monoisotopic (exact) mass is 635 g/mol. The zero-order valence-corrected chi connectivity index (χ0v) is 24.4. The summed E-state index contributed by atoms with van der Waals surface area (Å²) in [5.74, 6) is -0.0903. The van der Waals surface area contributed by atoms with Gasteiger partial charge in [-0.1, -0.05) is 36.4 Å². The van der Waals surface area contributed by atoms with Crippen molar-refractivity contribution in [3.8, 4) is 5.75 Å². The number of nitrogens with zero attached hydrogens (tertiary/aromatic N) is 4. The number of alkyl halides is 3. The Balaban J connectivity index is 1.10. The first-order chi connectivity index (χ1) is 21.0. The standard InChI is InChI=1S/C28H32F3N7O5S/c29-28(30,31)43-25-9-5-4-6-20(25)15-33-27-34-16-24(38(39)40)26(35-27)32-14-19-10-12-22(13-11-19)37-17-21(18-37)36-44(41,42)23-7-2-1-3-8-23/h1-9,16,19,21-22,36H,10-15,17-18H2,(H2,32,33,34,35)/t19-,22-. The third-order valence-corrected chi connectivity index (χ3v) is 9.31. The SMILES string of the molecule is O=[N+]([O-])c1cnc(NCc2ccccc2OC(F)(F)F)nc1NC[C@H]1CC[C@H](N2CC(NS(=O)(=O)c3ccccc3)C2)CC1. The van der Waals surface area contributed by atoms with Crippen LogP contribution in [0.1, 0.15) is 31.2 Å². The molecule has 3 aromatic rings. The molecule has 0 spiro atoms. The fourth-order valence-electron chi connectivity index (χ4n) is 5.50. The van der Waals surface area contributed by atoms with Gasteiger partial charge in [0.15, 0.2) is 0 Å². The molecule has 2 aliphatic rings. The van der Waals surface area contributed by atoms with E-state index in [2.05, 4.69) is 35.0 Å². The highest BCUT2D eigenvalue weighted by molar-refractivity contribution is 7.89. The topological polar surface area (TPSA) is 152 Å². The quantitative estimate of drug-likeness (QED) is 0.191. The van der Waals surface area contributed by atoms with Gasteiger partial charge in [0.2, 0.25) is 21.8 Å². The second-order valence-corrected chi connectivity index (χ2v) is 12.5. The number of rotatable bonds is 12. The van der Waals surface area contributed by atoms with Crippen LogP contribution in [0.15, 0.2) is 65.7 Å². The molecule has 0 radical (unpaired) electrons. The van der Waals surface area contributed by atoms with Crippen LogP contribution in [0.25, 0.3) is 0 Å². The number of benzene rings is 2. The van der Waals surface area contributed by atoms with Crippen LogP contribution in [0.5, 0.6) is 5.75 Å². The number of anilines is 2. The van der Waals surface area contributed by atoms with E-state index in [1.54, 1.807) is 36.4 Å². The predicted molar refractivity (Wildman–Crippen MR) is 155 cm³/mol. The molecule has 1 saturated heterocycles. The summed E-state index contributed by atoms with van der Waals surface area (Å²) in [6.07, 6.45) is -0.190. The number of ether oxygens (including phenoxy) is 1. The van der Waals surface area contributed by atoms with Crippen molar-refractivity contribution in [1.82, 2.24) is 19.6 Å². The van der Waals surface area contributed by atoms with E-state index in [0.717, 1.165) is 31.9 Å². The molecule has 236 valence electrons. The summed E-state index contributed by atoms with van der Waals surface area (Å²) in [7, 11) is -3.55. The highest BCUT2D eigenvalue weighted by Crippen LogP contribution is 2.32. The summed E-state index contributed by atoms with van der Waals surface area (Å²) in [6, 6.07) is 14.1. The van der Waals surface area contributed by atoms with Crippen LogP contribution in [-0.4, -0.2) is 66.3 Å². The Morgan fingerprint density at radius 1 is 1.00 bits per heavy atom. The minimum Gasteiger partial charge on any atom is -0.405 e. The summed E-state index contributed by atoms with van der Waals surface area (Å²) < 4.78 is 70.2. The predicted octanol–water partition coefficient (Wildman–Crippen LogP) is 4.53. The first-order valence-corrected chi connectivity index (χ1v) is 15.6. The Kier molecular flexibility index (Phi) is 9.51. The molecule has 0 amide bonds. The normalized spacial score (nSPS) is 19.6. The molecule has 0 atom stereocenters. The number of sulfonamides is 1. The molecule has 16 heteroatoms. The summed E-state index contributed by atoms with van der Waals surface area (Å²) in [5.41, 5.74) is -0.102. The first kappa shape index (κ1) is 31.4. The number of hydrogen-bond acceptors (Lipinski definition) is 10. The van der Waals surface area contributed by atoms with E-state index in [4.69, 9.17) is 0 Å². The zero-order chi connectivity index (χ0) is 31.3. The van der Waals surface area contributed by atoms with Gasteiger partial charge in [-0.2, -0.15) is 4.98 Å². The van der Waals surface area contributed by atoms with Crippen molar-refractivity contribution >= 4 is 27.5 Å². The van der Waals surface area contributed by atoms with Gasteiger partial charge < -0.3 is 15.4 Å². The van der Waals surface area contributed by atoms with Crippen molar-refractivity contribution < 1.29 is 31.2 Å². The minimum atomic E-state index is -4.85. The molecule has 1 aromatic heterocycles. The molecular formula is C28H32F3N7O5S. The van der Waals surface area contributed by atoms with Crippen molar-refractivity contribution in [1.29, 1.82) is 0 Å². The number of nitro groups is 1. The molecule has 2 heterocycles. The molecule has 0 unspecified atom stereocenters. The van der Waals surface area contributed by atoms with E-state index in [-0.39, 0.29) is 52.2 Å². The second kappa shape index (κ2) is 13.3. The maximum Gasteiger partial charge on any atom is 0.573 e. The smallest absolute Gasteiger partial charge is 0.405 e. The maximum atomic E-state index is 12.7. The molecule has 1 aliphatic heterocycles. The molecule has 2 fully saturated rings. The Bertz CT molecular complexity index is 1550. The van der Waals surface area contributed by atoms with Crippen LogP contribution in [0.4, 0.5) is 30.6 Å². The van der Waals surface area contributed by atoms with Crippen molar-refractivity contribution in [2.24, 2.45) is 5.92 Å². The molecule has 5 rings (SSSR count). The van der Waals surface area contributed by atoms with Gasteiger partial charge in [-0.05, 0) is 49.8 Å². The first-order valence-electron chi connectivity index (χ1n) is 14.1. The van der Waals surface area contributed by atoms with E-state index >= 15 is 0 Å². The number of halogens is 3. The molecule has 3 N–H and O–H groups in total. The average molecular weight is 636 g/mol. The molecule has 1 saturated carbocycles. The van der Waals surface area contributed by atoms with Crippen LogP contribution in [0.3, 0.4) is 0 Å². The lowest BCUT2D eigenvalue weighted by molar-refractivity contribution is -0.384. The van der Waals surface area contributed by atoms with Gasteiger partial charge in [0, 0.05) is 43.8 Å². The summed E-state index contributed by atoms with van der Waals surface area (Å²) in [6.45, 7) is 1.65. The zero-order valence-electron chi connectivity index (χ0n) is 23.5. The van der Waals surface area contributed by atoms with Gasteiger partial charge in [0.05, 0.1) is 9.82 Å². The van der Waals surface area contributed by atoms with Gasteiger partial charge in [0.25, 0.3) is 0 Å². The Morgan fingerprint density at radius 2 is 1.68 bits per heavy atom. The van der Waals surface area contributed by atoms with E-state index in [0.29, 0.717) is 25.7 Å². The molecular weight excluding hydrogens is 603 g/mol. The van der Waals surface area contributed by atoms with Crippen molar-refractivity contribution in [2.75, 3.05) is 30.3 Å². The minimum absolute atomic E-state index is 0.0128. The summed E-state index contributed by atoms with van der Waals surface area (Å²) in [5, 5.41) is 17.5. The number of likely N-dealkylation sites (tertiary alicyclic amines) is 1. The fraction of sp³-hybridized carbons (Fsp3) is 0.429. The maximum absolute atomic E-state index is 12.7. The number of aromatic nitrogens is 2. The van der Waals surface area contributed by atoms with E-state index < -0.39 is 21.3 Å². The van der Waals surface area contributed by atoms with Crippen molar-refractivity contribution in [3.63, 3.8) is 0 Å². The average Bonchev–Trinajstić information content (AvgIpc) is 2.97. The number of para-hydroxylation sites is 1. The number of hydrogen-bond donors (Lipinski definition) is 3. The Morgan fingerprint density at radius 3 is 2.36 bits per heavy atom. The third-order valence-electron chi connectivity index (χ3n) is 7.78. The Hall–Kier alpha value is -4.02. The fourth-order valence-corrected chi connectivity index (χ4v) is 6.74. The lowest BCUT2D eigenvalue weighted by Crippen LogP contribution is -2.62. The molecule has 0 bridgehead atoms. The van der Waals surface area contributed by atoms with Gasteiger partial charge in [-0.15, -0.1) is 13.2 Å². The van der Waals surface area contributed by atoms with Crippen LogP contribution in [0, 0.1) is 16.0 Å². The molecule has 12 nitrogen and oxygen atoms in total. The number of nitrogens with one attached hydrogen (secondary N) is 3. The summed E-state index contributed by atoms with van der Waals surface area (Å²) in [4.78, 5) is 21.7. The third kappa shape index (κ3) is 8.12. The van der Waals surface area contributed by atoms with E-state index in [9.17, 15) is 31.7 Å². The van der Waals surface area contributed by atoms with E-state index in [1.807, 2.05) is 0 Å². The lowest BCUT2D eigenvalue weighted by atomic mass is 9.84. The van der Waals surface area contributed by atoms with Gasteiger partial charge in [-0.3, -0.25) is 15.0 Å². The Labute approximate surface area is 252 Å².